The van der Waals surface area contributed by atoms with Gasteiger partial charge in [-0.2, -0.15) is 17.7 Å². The van der Waals surface area contributed by atoms with Gasteiger partial charge in [-0.3, -0.25) is 9.48 Å². The van der Waals surface area contributed by atoms with Gasteiger partial charge in [0.2, 0.25) is 5.91 Å². The van der Waals surface area contributed by atoms with E-state index in [-0.39, 0.29) is 18.1 Å². The van der Waals surface area contributed by atoms with Gasteiger partial charge < -0.3 is 5.32 Å². The van der Waals surface area contributed by atoms with Gasteiger partial charge in [-0.25, -0.2) is 8.78 Å². The van der Waals surface area contributed by atoms with E-state index < -0.39 is 6.43 Å². The number of aromatic nitrogens is 2. The topological polar surface area (TPSA) is 46.9 Å². The van der Waals surface area contributed by atoms with Crippen molar-refractivity contribution in [1.29, 1.82) is 0 Å². The van der Waals surface area contributed by atoms with Crippen LogP contribution in [0.1, 0.15) is 17.8 Å². The molecule has 0 aliphatic heterocycles. The quantitative estimate of drug-likeness (QED) is 0.770. The lowest BCUT2D eigenvalue weighted by atomic mass is 10.4. The zero-order valence-corrected chi connectivity index (χ0v) is 9.68. The highest BCUT2D eigenvalue weighted by Gasteiger charge is 2.14. The van der Waals surface area contributed by atoms with Gasteiger partial charge in [-0.05, 0) is 13.0 Å². The molecule has 0 saturated heterocycles. The summed E-state index contributed by atoms with van der Waals surface area (Å²) in [5.74, 6) is 0.271. The van der Waals surface area contributed by atoms with Crippen LogP contribution in [-0.2, 0) is 11.3 Å². The number of aryl methyl sites for hydroxylation is 1. The molecule has 7 heteroatoms. The molecule has 0 aliphatic rings. The van der Waals surface area contributed by atoms with Gasteiger partial charge in [0, 0.05) is 18.0 Å². The maximum atomic E-state index is 12.3. The summed E-state index contributed by atoms with van der Waals surface area (Å²) in [7, 11) is 0. The summed E-state index contributed by atoms with van der Waals surface area (Å²) in [5.41, 5.74) is 0.232. The van der Waals surface area contributed by atoms with Crippen LogP contribution >= 0.6 is 12.6 Å². The number of carbonyl (C=O) groups excluding carboxylic acids is 1. The van der Waals surface area contributed by atoms with Gasteiger partial charge >= 0.3 is 0 Å². The zero-order chi connectivity index (χ0) is 12.1. The Balaban J connectivity index is 2.63. The van der Waals surface area contributed by atoms with Gasteiger partial charge in [0.05, 0.1) is 0 Å². The van der Waals surface area contributed by atoms with Crippen LogP contribution in [0.2, 0.25) is 0 Å². The maximum absolute atomic E-state index is 12.3. The molecule has 0 radical (unpaired) electrons. The van der Waals surface area contributed by atoms with Crippen molar-refractivity contribution in [3.05, 3.63) is 17.5 Å². The van der Waals surface area contributed by atoms with E-state index in [0.717, 1.165) is 0 Å². The highest BCUT2D eigenvalue weighted by molar-refractivity contribution is 7.80. The van der Waals surface area contributed by atoms with Gasteiger partial charge in [0.25, 0.3) is 6.43 Å². The molecule has 0 saturated carbocycles. The molecule has 1 heterocycles. The van der Waals surface area contributed by atoms with E-state index in [0.29, 0.717) is 18.0 Å². The maximum Gasteiger partial charge on any atom is 0.282 e. The van der Waals surface area contributed by atoms with Crippen molar-refractivity contribution in [2.45, 2.75) is 19.9 Å². The highest BCUT2D eigenvalue weighted by Crippen LogP contribution is 2.17. The fraction of sp³-hybridized carbons (Fsp3) is 0.556. The SMILES string of the molecule is Cc1cc(C(F)F)nn1CC(=O)NCCS. The van der Waals surface area contributed by atoms with Crippen LogP contribution < -0.4 is 5.32 Å². The van der Waals surface area contributed by atoms with Crippen molar-refractivity contribution in [2.24, 2.45) is 0 Å². The van der Waals surface area contributed by atoms with Gasteiger partial charge in [0.15, 0.2) is 0 Å². The Hall–Kier alpha value is -1.11. The molecule has 0 aliphatic carbocycles. The van der Waals surface area contributed by atoms with E-state index >= 15 is 0 Å². The van der Waals surface area contributed by atoms with Crippen molar-refractivity contribution >= 4 is 18.5 Å². The zero-order valence-electron chi connectivity index (χ0n) is 8.78. The molecule has 1 aromatic heterocycles. The molecule has 0 fully saturated rings. The molecule has 0 aromatic carbocycles. The van der Waals surface area contributed by atoms with Gasteiger partial charge in [0.1, 0.15) is 12.2 Å². The Morgan fingerprint density at radius 1 is 1.69 bits per heavy atom. The Bertz CT molecular complexity index is 368. The molecule has 0 atom stereocenters. The molecule has 0 unspecified atom stereocenters. The first-order valence-corrected chi connectivity index (χ1v) is 5.38. The second kappa shape index (κ2) is 5.83. The third-order valence-electron chi connectivity index (χ3n) is 1.95. The number of amides is 1. The number of alkyl halides is 2. The summed E-state index contributed by atoms with van der Waals surface area (Å²) in [6.45, 7) is 2.03. The fourth-order valence-electron chi connectivity index (χ4n) is 1.19. The molecule has 1 amide bonds. The minimum atomic E-state index is -2.61. The minimum Gasteiger partial charge on any atom is -0.354 e. The number of carbonyl (C=O) groups is 1. The molecular formula is C9H13F2N3OS. The molecule has 90 valence electrons. The number of halogens is 2. The average molecular weight is 249 g/mol. The third-order valence-corrected chi connectivity index (χ3v) is 2.17. The van der Waals surface area contributed by atoms with Crippen molar-refractivity contribution < 1.29 is 13.6 Å². The first-order chi connectivity index (χ1) is 7.54. The third kappa shape index (κ3) is 3.48. The summed E-state index contributed by atoms with van der Waals surface area (Å²) in [4.78, 5) is 11.3. The van der Waals surface area contributed by atoms with Crippen LogP contribution in [0.5, 0.6) is 0 Å². The van der Waals surface area contributed by atoms with Gasteiger partial charge in [-0.1, -0.05) is 0 Å². The monoisotopic (exact) mass is 249 g/mol. The van der Waals surface area contributed by atoms with Crippen LogP contribution in [0.25, 0.3) is 0 Å². The molecule has 0 bridgehead atoms. The molecule has 1 rings (SSSR count). The number of hydrogen-bond acceptors (Lipinski definition) is 3. The van der Waals surface area contributed by atoms with Crippen LogP contribution in [0.4, 0.5) is 8.78 Å². The minimum absolute atomic E-state index is 0.0493. The van der Waals surface area contributed by atoms with E-state index in [1.165, 1.54) is 10.7 Å². The Labute approximate surface area is 97.4 Å². The number of thiol groups is 1. The molecule has 1 N–H and O–H groups in total. The van der Waals surface area contributed by atoms with E-state index in [4.69, 9.17) is 0 Å². The van der Waals surface area contributed by atoms with E-state index in [2.05, 4.69) is 23.0 Å². The molecule has 16 heavy (non-hydrogen) atoms. The van der Waals surface area contributed by atoms with Crippen molar-refractivity contribution in [2.75, 3.05) is 12.3 Å². The van der Waals surface area contributed by atoms with Crippen LogP contribution in [-0.4, -0.2) is 28.0 Å². The van der Waals surface area contributed by atoms with Crippen molar-refractivity contribution in [1.82, 2.24) is 15.1 Å². The fourth-order valence-corrected chi connectivity index (χ4v) is 1.30. The lowest BCUT2D eigenvalue weighted by Crippen LogP contribution is -2.29. The van der Waals surface area contributed by atoms with E-state index in [1.54, 1.807) is 6.92 Å². The van der Waals surface area contributed by atoms with Crippen LogP contribution in [0, 0.1) is 6.92 Å². The predicted molar refractivity (Wildman–Crippen MR) is 58.8 cm³/mol. The van der Waals surface area contributed by atoms with Gasteiger partial charge in [-0.15, -0.1) is 0 Å². The second-order valence-corrected chi connectivity index (χ2v) is 3.69. The Morgan fingerprint density at radius 2 is 2.38 bits per heavy atom. The summed E-state index contributed by atoms with van der Waals surface area (Å²) in [6.07, 6.45) is -2.61. The average Bonchev–Trinajstić information content (AvgIpc) is 2.57. The molecule has 4 nitrogen and oxygen atoms in total. The van der Waals surface area contributed by atoms with E-state index in [9.17, 15) is 13.6 Å². The number of hydrogen-bond donors (Lipinski definition) is 2. The van der Waals surface area contributed by atoms with Crippen molar-refractivity contribution in [3.8, 4) is 0 Å². The first-order valence-electron chi connectivity index (χ1n) is 4.74. The van der Waals surface area contributed by atoms with Crippen LogP contribution in [0.15, 0.2) is 6.07 Å². The number of nitrogens with zero attached hydrogens (tertiary/aromatic N) is 2. The lowest BCUT2D eigenvalue weighted by Gasteiger charge is -2.04. The largest absolute Gasteiger partial charge is 0.354 e. The first kappa shape index (κ1) is 13.0. The highest BCUT2D eigenvalue weighted by atomic mass is 32.1. The van der Waals surface area contributed by atoms with Crippen LogP contribution in [0.3, 0.4) is 0 Å². The predicted octanol–water partition coefficient (Wildman–Crippen LogP) is 1.18. The molecular weight excluding hydrogens is 236 g/mol. The summed E-state index contributed by atoms with van der Waals surface area (Å²) in [6, 6.07) is 1.27. The normalized spacial score (nSPS) is 10.8. The lowest BCUT2D eigenvalue weighted by molar-refractivity contribution is -0.121. The number of rotatable bonds is 5. The van der Waals surface area contributed by atoms with Crippen molar-refractivity contribution in [3.63, 3.8) is 0 Å². The number of nitrogens with one attached hydrogen (secondary N) is 1. The Kier molecular flexibility index (Phi) is 4.72. The van der Waals surface area contributed by atoms with E-state index in [1.807, 2.05) is 0 Å². The summed E-state index contributed by atoms with van der Waals surface area (Å²) < 4.78 is 25.9. The molecule has 0 spiro atoms. The Morgan fingerprint density at radius 3 is 2.88 bits per heavy atom. The summed E-state index contributed by atoms with van der Waals surface area (Å²) in [5, 5.41) is 6.23. The smallest absolute Gasteiger partial charge is 0.282 e. The summed E-state index contributed by atoms with van der Waals surface area (Å²) >= 11 is 3.94. The standard InChI is InChI=1S/C9H13F2N3OS/c1-6-4-7(9(10)11)13-14(6)5-8(15)12-2-3-16/h4,9,16H,2-3,5H2,1H3,(H,12,15). The molecule has 1 aromatic rings. The second-order valence-electron chi connectivity index (χ2n) is 3.24.